The van der Waals surface area contributed by atoms with Crippen molar-refractivity contribution in [3.8, 4) is 23.0 Å². The van der Waals surface area contributed by atoms with E-state index in [1.54, 1.807) is 0 Å². The van der Waals surface area contributed by atoms with Crippen LogP contribution in [0.25, 0.3) is 0 Å². The predicted molar refractivity (Wildman–Crippen MR) is 170 cm³/mol. The van der Waals surface area contributed by atoms with Crippen LogP contribution in [0.3, 0.4) is 0 Å². The van der Waals surface area contributed by atoms with Crippen LogP contribution in [-0.4, -0.2) is 107 Å². The largest absolute Gasteiger partial charge is 0.507 e. The van der Waals surface area contributed by atoms with Gasteiger partial charge in [-0.3, -0.25) is 9.59 Å². The van der Waals surface area contributed by atoms with Crippen molar-refractivity contribution < 1.29 is 74.6 Å². The number of rotatable bonds is 6. The third-order valence-electron chi connectivity index (χ3n) is 9.60. The van der Waals surface area contributed by atoms with Crippen LogP contribution in [0.4, 0.5) is 0 Å². The van der Waals surface area contributed by atoms with E-state index in [4.69, 9.17) is 9.47 Å². The van der Waals surface area contributed by atoms with Gasteiger partial charge in [-0.2, -0.15) is 0 Å². The number of aromatic carboxylic acids is 2. The van der Waals surface area contributed by atoms with E-state index in [-0.39, 0.29) is 50.3 Å². The maximum atomic E-state index is 14.4. The molecule has 0 spiro atoms. The van der Waals surface area contributed by atoms with Gasteiger partial charge in [-0.25, -0.2) is 9.59 Å². The second kappa shape index (κ2) is 12.2. The standard InChI is InChI=1S/C36H28O15/c37-11-22-29(41)32(44)33(45)36(51-22)50-21-6-2-4-15-24(17-8-13(35(48)49)10-20(40)27(17)31(43)28(15)21)23-14-3-1-5-18(38)25(14)30(42)26-16(23)7-12(34(46)47)9-19(26)39/h1-10,22-24,29,32-33,36-41,44-45H,11H2,(H,46,47)(H,48,49)/t22?,23-,24-,29?,32?,33?,36?/m1/s1. The summed E-state index contributed by atoms with van der Waals surface area (Å²) in [5.41, 5.74) is -1.98. The summed E-state index contributed by atoms with van der Waals surface area (Å²) in [4.78, 5) is 52.6. The second-order valence-corrected chi connectivity index (χ2v) is 12.4. The number of phenolic OH excluding ortho intramolecular Hbond substituents is 3. The van der Waals surface area contributed by atoms with Crippen LogP contribution < -0.4 is 4.74 Å². The minimum Gasteiger partial charge on any atom is -0.507 e. The lowest BCUT2D eigenvalue weighted by Gasteiger charge is -2.41. The molecule has 7 atom stereocenters. The first-order chi connectivity index (χ1) is 24.2. The number of carboxylic acids is 2. The fourth-order valence-corrected chi connectivity index (χ4v) is 7.34. The van der Waals surface area contributed by atoms with Crippen LogP contribution in [-0.2, 0) is 4.74 Å². The summed E-state index contributed by atoms with van der Waals surface area (Å²) in [6.07, 6.45) is -8.55. The third kappa shape index (κ3) is 5.09. The number of carbonyl (C=O) groups is 4. The molecule has 1 fully saturated rings. The first-order valence-electron chi connectivity index (χ1n) is 15.5. The zero-order valence-electron chi connectivity index (χ0n) is 26.0. The van der Waals surface area contributed by atoms with Crippen LogP contribution >= 0.6 is 0 Å². The van der Waals surface area contributed by atoms with Gasteiger partial charge < -0.3 is 55.4 Å². The van der Waals surface area contributed by atoms with Crippen molar-refractivity contribution >= 4 is 23.5 Å². The summed E-state index contributed by atoms with van der Waals surface area (Å²) >= 11 is 0. The monoisotopic (exact) mass is 700 g/mol. The zero-order chi connectivity index (χ0) is 36.6. The van der Waals surface area contributed by atoms with Crippen molar-refractivity contribution in [2.24, 2.45) is 0 Å². The number of hydrogen-bond acceptors (Lipinski definition) is 13. The van der Waals surface area contributed by atoms with Crippen molar-refractivity contribution in [3.63, 3.8) is 0 Å². The molecule has 1 saturated heterocycles. The van der Waals surface area contributed by atoms with E-state index in [2.05, 4.69) is 0 Å². The van der Waals surface area contributed by atoms with Crippen LogP contribution in [0, 0.1) is 0 Å². The summed E-state index contributed by atoms with van der Waals surface area (Å²) in [5.74, 6) is -9.35. The molecule has 5 unspecified atom stereocenters. The highest BCUT2D eigenvalue weighted by Gasteiger charge is 2.48. The first-order valence-corrected chi connectivity index (χ1v) is 15.5. The summed E-state index contributed by atoms with van der Waals surface area (Å²) in [7, 11) is 0. The van der Waals surface area contributed by atoms with Gasteiger partial charge in [0.05, 0.1) is 40.0 Å². The highest BCUT2D eigenvalue weighted by atomic mass is 16.7. The predicted octanol–water partition coefficient (Wildman–Crippen LogP) is 1.43. The number of fused-ring (bicyclic) bond motifs is 4. The Labute approximate surface area is 286 Å². The van der Waals surface area contributed by atoms with Crippen molar-refractivity contribution in [2.75, 3.05) is 6.61 Å². The normalized spacial score (nSPS) is 24.9. The molecule has 4 aromatic rings. The van der Waals surface area contributed by atoms with Gasteiger partial charge in [0.1, 0.15) is 47.4 Å². The average molecular weight is 701 g/mol. The molecule has 51 heavy (non-hydrogen) atoms. The molecule has 0 radical (unpaired) electrons. The van der Waals surface area contributed by atoms with Crippen molar-refractivity contribution in [2.45, 2.75) is 42.5 Å². The lowest BCUT2D eigenvalue weighted by atomic mass is 9.63. The van der Waals surface area contributed by atoms with Gasteiger partial charge in [-0.1, -0.05) is 24.3 Å². The molecule has 0 aromatic heterocycles. The topological polar surface area (TPSA) is 269 Å². The SMILES string of the molecule is O=C(O)c1cc(O)c2c(c1)[C@H]([C@H]1c3cc(C(=O)O)cc(O)c3C(=O)c3c(OC4OC(CO)C(O)C(O)C4O)cccc31)c1cccc(O)c1C2=O. The molecule has 4 aromatic carbocycles. The van der Waals surface area contributed by atoms with Gasteiger partial charge in [0.2, 0.25) is 17.9 Å². The van der Waals surface area contributed by atoms with Crippen molar-refractivity contribution in [1.82, 2.24) is 0 Å². The molecule has 9 N–H and O–H groups in total. The highest BCUT2D eigenvalue weighted by molar-refractivity contribution is 6.18. The van der Waals surface area contributed by atoms with E-state index in [1.807, 2.05) is 0 Å². The Bertz CT molecular complexity index is 2170. The van der Waals surface area contributed by atoms with Gasteiger partial charge >= 0.3 is 11.9 Å². The van der Waals surface area contributed by atoms with E-state index in [1.165, 1.54) is 36.4 Å². The number of phenols is 3. The maximum absolute atomic E-state index is 14.4. The smallest absolute Gasteiger partial charge is 0.335 e. The summed E-state index contributed by atoms with van der Waals surface area (Å²) in [5, 5.41) is 94.1. The van der Waals surface area contributed by atoms with Gasteiger partial charge in [0.25, 0.3) is 0 Å². The number of carbonyl (C=O) groups excluding carboxylic acids is 2. The lowest BCUT2D eigenvalue weighted by Crippen LogP contribution is -2.60. The van der Waals surface area contributed by atoms with Crippen LogP contribution in [0.1, 0.15) is 86.6 Å². The molecule has 15 nitrogen and oxygen atoms in total. The Morgan fingerprint density at radius 2 is 1.12 bits per heavy atom. The minimum absolute atomic E-state index is 0.0489. The van der Waals surface area contributed by atoms with E-state index < -0.39 is 101 Å². The molecular formula is C36H28O15. The quantitative estimate of drug-likeness (QED) is 0.138. The Balaban J connectivity index is 1.52. The van der Waals surface area contributed by atoms with E-state index in [0.29, 0.717) is 0 Å². The Kier molecular flexibility index (Phi) is 8.04. The molecule has 3 aliphatic rings. The summed E-state index contributed by atoms with van der Waals surface area (Å²) in [6.45, 7) is -0.775. The molecular weight excluding hydrogens is 672 g/mol. The molecule has 0 amide bonds. The Morgan fingerprint density at radius 3 is 1.65 bits per heavy atom. The van der Waals surface area contributed by atoms with Crippen LogP contribution in [0.15, 0.2) is 60.7 Å². The van der Waals surface area contributed by atoms with E-state index in [9.17, 15) is 65.1 Å². The van der Waals surface area contributed by atoms with Crippen LogP contribution in [0.5, 0.6) is 23.0 Å². The number of aromatic hydroxyl groups is 3. The van der Waals surface area contributed by atoms with E-state index >= 15 is 0 Å². The highest BCUT2D eigenvalue weighted by Crippen LogP contribution is 2.56. The first kappa shape index (κ1) is 33.6. The number of benzene rings is 4. The maximum Gasteiger partial charge on any atom is 0.335 e. The number of carboxylic acid groups (broad SMARTS) is 2. The molecule has 15 heteroatoms. The molecule has 2 aliphatic carbocycles. The second-order valence-electron chi connectivity index (χ2n) is 12.4. The Morgan fingerprint density at radius 1 is 0.627 bits per heavy atom. The van der Waals surface area contributed by atoms with Gasteiger partial charge in [-0.05, 0) is 58.7 Å². The van der Waals surface area contributed by atoms with Crippen molar-refractivity contribution in [3.05, 3.63) is 116 Å². The molecule has 262 valence electrons. The number of ether oxygens (including phenoxy) is 2. The number of aliphatic hydroxyl groups excluding tert-OH is 4. The minimum atomic E-state index is -1.88. The lowest BCUT2D eigenvalue weighted by molar-refractivity contribution is -0.277. The van der Waals surface area contributed by atoms with Crippen molar-refractivity contribution in [1.29, 1.82) is 0 Å². The Hall–Kier alpha value is -5.84. The number of ketones is 2. The molecule has 1 heterocycles. The van der Waals surface area contributed by atoms with Gasteiger partial charge in [0, 0.05) is 11.8 Å². The zero-order valence-corrected chi connectivity index (χ0v) is 26.0. The van der Waals surface area contributed by atoms with Gasteiger partial charge in [0.15, 0.2) is 0 Å². The fourth-order valence-electron chi connectivity index (χ4n) is 7.34. The number of hydrogen-bond donors (Lipinski definition) is 9. The molecule has 7 rings (SSSR count). The van der Waals surface area contributed by atoms with E-state index in [0.717, 1.165) is 24.3 Å². The summed E-state index contributed by atoms with van der Waals surface area (Å²) < 4.78 is 11.4. The third-order valence-corrected chi connectivity index (χ3v) is 9.60. The van der Waals surface area contributed by atoms with Gasteiger partial charge in [-0.15, -0.1) is 0 Å². The molecule has 1 aliphatic heterocycles. The summed E-state index contributed by atoms with van der Waals surface area (Å²) in [6, 6.07) is 12.3. The molecule has 0 saturated carbocycles. The fraction of sp³-hybridized carbons (Fsp3) is 0.222. The average Bonchev–Trinajstić information content (AvgIpc) is 3.08. The van der Waals surface area contributed by atoms with Crippen LogP contribution in [0.2, 0.25) is 0 Å². The number of aliphatic hydroxyl groups is 4. The molecule has 0 bridgehead atoms.